The number of amides is 1. The van der Waals surface area contributed by atoms with Gasteiger partial charge in [-0.1, -0.05) is 12.1 Å². The lowest BCUT2D eigenvalue weighted by atomic mass is 10.3. The Balaban J connectivity index is 2.15. The smallest absolute Gasteiger partial charge is 0.246 e. The van der Waals surface area contributed by atoms with Crippen molar-refractivity contribution in [2.75, 3.05) is 25.5 Å². The lowest BCUT2D eigenvalue weighted by Gasteiger charge is -2.10. The van der Waals surface area contributed by atoms with Gasteiger partial charge in [0, 0.05) is 0 Å². The maximum absolute atomic E-state index is 11.3. The molecule has 0 heterocycles. The second-order valence-corrected chi connectivity index (χ2v) is 4.10. The Morgan fingerprint density at radius 2 is 2.11 bits per heavy atom. The first-order valence-corrected chi connectivity index (χ1v) is 5.95. The van der Waals surface area contributed by atoms with Gasteiger partial charge in [0.05, 0.1) is 18.3 Å². The number of rotatable bonds is 7. The van der Waals surface area contributed by atoms with Crippen LogP contribution in [0, 0.1) is 0 Å². The lowest BCUT2D eigenvalue weighted by Crippen LogP contribution is -2.32. The van der Waals surface area contributed by atoms with Crippen LogP contribution in [0.4, 0.5) is 5.69 Å². The summed E-state index contributed by atoms with van der Waals surface area (Å²) >= 11 is 0. The molecule has 100 valence electrons. The highest BCUT2D eigenvalue weighted by Crippen LogP contribution is 2.19. The summed E-state index contributed by atoms with van der Waals surface area (Å²) in [6.45, 7) is 4.64. The molecule has 5 nitrogen and oxygen atoms in total. The van der Waals surface area contributed by atoms with E-state index in [1.54, 1.807) is 12.1 Å². The highest BCUT2D eigenvalue weighted by molar-refractivity contribution is 5.77. The minimum absolute atomic E-state index is 0.0520. The monoisotopic (exact) mass is 252 g/mol. The molecular weight excluding hydrogens is 232 g/mol. The SMILES string of the molecule is CC(C)OCC(=O)NCCOc1ccccc1N. The van der Waals surface area contributed by atoms with Crippen LogP contribution in [0.5, 0.6) is 5.75 Å². The molecule has 1 aromatic carbocycles. The predicted molar refractivity (Wildman–Crippen MR) is 70.4 cm³/mol. The van der Waals surface area contributed by atoms with Crippen molar-refractivity contribution in [3.63, 3.8) is 0 Å². The molecule has 1 aromatic rings. The van der Waals surface area contributed by atoms with Gasteiger partial charge >= 0.3 is 0 Å². The number of hydrogen-bond acceptors (Lipinski definition) is 4. The lowest BCUT2D eigenvalue weighted by molar-refractivity contribution is -0.127. The van der Waals surface area contributed by atoms with Crippen LogP contribution in [0.15, 0.2) is 24.3 Å². The number of nitrogens with two attached hydrogens (primary N) is 1. The van der Waals surface area contributed by atoms with Crippen molar-refractivity contribution in [1.29, 1.82) is 0 Å². The maximum Gasteiger partial charge on any atom is 0.246 e. The summed E-state index contributed by atoms with van der Waals surface area (Å²) in [5, 5.41) is 2.70. The van der Waals surface area contributed by atoms with E-state index in [4.69, 9.17) is 15.2 Å². The number of carbonyl (C=O) groups is 1. The van der Waals surface area contributed by atoms with Gasteiger partial charge < -0.3 is 20.5 Å². The highest BCUT2D eigenvalue weighted by atomic mass is 16.5. The van der Waals surface area contributed by atoms with E-state index >= 15 is 0 Å². The van der Waals surface area contributed by atoms with Gasteiger partial charge in [0.2, 0.25) is 5.91 Å². The molecule has 5 heteroatoms. The zero-order valence-corrected chi connectivity index (χ0v) is 10.8. The molecule has 1 rings (SSSR count). The van der Waals surface area contributed by atoms with Crippen molar-refractivity contribution in [2.45, 2.75) is 20.0 Å². The minimum atomic E-state index is -0.145. The van der Waals surface area contributed by atoms with Crippen LogP contribution in [0.2, 0.25) is 0 Å². The van der Waals surface area contributed by atoms with Gasteiger partial charge in [0.25, 0.3) is 0 Å². The molecule has 0 radical (unpaired) electrons. The summed E-state index contributed by atoms with van der Waals surface area (Å²) in [6.07, 6.45) is 0.0520. The van der Waals surface area contributed by atoms with Crippen molar-refractivity contribution < 1.29 is 14.3 Å². The van der Waals surface area contributed by atoms with Crippen LogP contribution in [0.25, 0.3) is 0 Å². The van der Waals surface area contributed by atoms with E-state index in [0.717, 1.165) is 0 Å². The predicted octanol–water partition coefficient (Wildman–Crippen LogP) is 1.19. The van der Waals surface area contributed by atoms with Crippen molar-refractivity contribution in [3.8, 4) is 5.75 Å². The van der Waals surface area contributed by atoms with Crippen molar-refractivity contribution in [1.82, 2.24) is 5.32 Å². The number of nitrogen functional groups attached to an aromatic ring is 1. The molecule has 0 atom stereocenters. The zero-order chi connectivity index (χ0) is 13.4. The second kappa shape index (κ2) is 7.55. The molecule has 1 amide bonds. The van der Waals surface area contributed by atoms with E-state index in [-0.39, 0.29) is 18.6 Å². The average Bonchev–Trinajstić information content (AvgIpc) is 2.34. The van der Waals surface area contributed by atoms with E-state index in [9.17, 15) is 4.79 Å². The van der Waals surface area contributed by atoms with Crippen molar-refractivity contribution in [2.24, 2.45) is 0 Å². The molecular formula is C13H20N2O3. The van der Waals surface area contributed by atoms with Gasteiger partial charge in [-0.2, -0.15) is 0 Å². The van der Waals surface area contributed by atoms with Crippen LogP contribution >= 0.6 is 0 Å². The number of para-hydroxylation sites is 2. The molecule has 18 heavy (non-hydrogen) atoms. The third kappa shape index (κ3) is 5.54. The van der Waals surface area contributed by atoms with Gasteiger partial charge in [-0.25, -0.2) is 0 Å². The molecule has 0 saturated carbocycles. The molecule has 0 saturated heterocycles. The van der Waals surface area contributed by atoms with Crippen LogP contribution in [-0.2, 0) is 9.53 Å². The standard InChI is InChI=1S/C13H20N2O3/c1-10(2)18-9-13(16)15-7-8-17-12-6-4-3-5-11(12)14/h3-6,10H,7-9,14H2,1-2H3,(H,15,16). The quantitative estimate of drug-likeness (QED) is 0.564. The topological polar surface area (TPSA) is 73.6 Å². The van der Waals surface area contributed by atoms with E-state index < -0.39 is 0 Å². The van der Waals surface area contributed by atoms with E-state index in [1.165, 1.54) is 0 Å². The molecule has 0 fully saturated rings. The van der Waals surface area contributed by atoms with Gasteiger partial charge in [-0.15, -0.1) is 0 Å². The van der Waals surface area contributed by atoms with Crippen LogP contribution in [-0.4, -0.2) is 31.8 Å². The van der Waals surface area contributed by atoms with Crippen molar-refractivity contribution in [3.05, 3.63) is 24.3 Å². The second-order valence-electron chi connectivity index (χ2n) is 4.10. The third-order valence-corrected chi connectivity index (χ3v) is 2.15. The summed E-state index contributed by atoms with van der Waals surface area (Å²) in [7, 11) is 0. The molecule has 0 spiro atoms. The van der Waals surface area contributed by atoms with Gasteiger partial charge in [0.1, 0.15) is 19.0 Å². The molecule has 0 unspecified atom stereocenters. The van der Waals surface area contributed by atoms with E-state index in [1.807, 2.05) is 26.0 Å². The largest absolute Gasteiger partial charge is 0.490 e. The number of hydrogen-bond donors (Lipinski definition) is 2. The first-order valence-electron chi connectivity index (χ1n) is 5.95. The Labute approximate surface area is 107 Å². The summed E-state index contributed by atoms with van der Waals surface area (Å²) in [5.74, 6) is 0.485. The van der Waals surface area contributed by atoms with Crippen LogP contribution in [0.3, 0.4) is 0 Å². The van der Waals surface area contributed by atoms with Crippen LogP contribution in [0.1, 0.15) is 13.8 Å². The third-order valence-electron chi connectivity index (χ3n) is 2.15. The van der Waals surface area contributed by atoms with Crippen LogP contribution < -0.4 is 15.8 Å². The molecule has 0 bridgehead atoms. The van der Waals surface area contributed by atoms with Gasteiger partial charge in [-0.05, 0) is 26.0 Å². The Hall–Kier alpha value is -1.75. The Bertz CT molecular complexity index is 380. The Morgan fingerprint density at radius 3 is 2.78 bits per heavy atom. The fourth-order valence-electron chi connectivity index (χ4n) is 1.26. The first kappa shape index (κ1) is 14.3. The Kier molecular flexibility index (Phi) is 6.00. The van der Waals surface area contributed by atoms with Crippen molar-refractivity contribution >= 4 is 11.6 Å². The van der Waals surface area contributed by atoms with Gasteiger partial charge in [-0.3, -0.25) is 4.79 Å². The summed E-state index contributed by atoms with van der Waals surface area (Å²) in [6, 6.07) is 7.25. The fraction of sp³-hybridized carbons (Fsp3) is 0.462. The normalized spacial score (nSPS) is 10.4. The number of benzene rings is 1. The summed E-state index contributed by atoms with van der Waals surface area (Å²) in [5.41, 5.74) is 6.30. The molecule has 0 aromatic heterocycles. The number of nitrogens with one attached hydrogen (secondary N) is 1. The summed E-state index contributed by atoms with van der Waals surface area (Å²) in [4.78, 5) is 11.3. The minimum Gasteiger partial charge on any atom is -0.490 e. The first-order chi connectivity index (χ1) is 8.59. The Morgan fingerprint density at radius 1 is 1.39 bits per heavy atom. The maximum atomic E-state index is 11.3. The number of anilines is 1. The average molecular weight is 252 g/mol. The summed E-state index contributed by atoms with van der Waals surface area (Å²) < 4.78 is 10.6. The fourth-order valence-corrected chi connectivity index (χ4v) is 1.26. The molecule has 0 aliphatic carbocycles. The van der Waals surface area contributed by atoms with E-state index in [0.29, 0.717) is 24.6 Å². The molecule has 3 N–H and O–H groups in total. The number of carbonyl (C=O) groups excluding carboxylic acids is 1. The molecule has 0 aliphatic heterocycles. The molecule has 0 aliphatic rings. The zero-order valence-electron chi connectivity index (χ0n) is 10.8. The van der Waals surface area contributed by atoms with Gasteiger partial charge in [0.15, 0.2) is 0 Å². The van der Waals surface area contributed by atoms with E-state index in [2.05, 4.69) is 5.32 Å². The number of ether oxygens (including phenoxy) is 2. The highest BCUT2D eigenvalue weighted by Gasteiger charge is 2.03.